The van der Waals surface area contributed by atoms with Crippen LogP contribution in [0.25, 0.3) is 0 Å². The second-order valence-corrected chi connectivity index (χ2v) is 5.14. The van der Waals surface area contributed by atoms with Gasteiger partial charge in [0, 0.05) is 5.54 Å². The van der Waals surface area contributed by atoms with Crippen LogP contribution in [0.2, 0.25) is 0 Å². The quantitative estimate of drug-likeness (QED) is 0.608. The average Bonchev–Trinajstić information content (AvgIpc) is 2.80. The first-order chi connectivity index (χ1) is 5.18. The fourth-order valence-electron chi connectivity index (χ4n) is 3.52. The lowest BCUT2D eigenvalue weighted by atomic mass is 9.89. The van der Waals surface area contributed by atoms with Crippen molar-refractivity contribution in [1.29, 1.82) is 0 Å². The Morgan fingerprint density at radius 3 is 2.18 bits per heavy atom. The van der Waals surface area contributed by atoms with E-state index in [9.17, 15) is 0 Å². The van der Waals surface area contributed by atoms with E-state index in [1.165, 1.54) is 32.1 Å². The van der Waals surface area contributed by atoms with Crippen LogP contribution in [-0.2, 0) is 0 Å². The SMILES string of the molecule is CC1(C2(N)C3CCCC32)CC1. The maximum Gasteiger partial charge on any atom is 0.0272 e. The zero-order chi connectivity index (χ0) is 7.69. The van der Waals surface area contributed by atoms with Crippen molar-refractivity contribution in [2.75, 3.05) is 0 Å². The van der Waals surface area contributed by atoms with Crippen molar-refractivity contribution < 1.29 is 0 Å². The lowest BCUT2D eigenvalue weighted by Crippen LogP contribution is -2.37. The van der Waals surface area contributed by atoms with Crippen LogP contribution in [0, 0.1) is 17.3 Å². The zero-order valence-electron chi connectivity index (χ0n) is 7.27. The molecular formula is C10H17N. The molecule has 1 nitrogen and oxygen atoms in total. The van der Waals surface area contributed by atoms with Crippen molar-refractivity contribution >= 4 is 0 Å². The lowest BCUT2D eigenvalue weighted by Gasteiger charge is -2.22. The molecule has 1 heteroatoms. The summed E-state index contributed by atoms with van der Waals surface area (Å²) in [6, 6.07) is 0. The van der Waals surface area contributed by atoms with Gasteiger partial charge in [-0.25, -0.2) is 0 Å². The van der Waals surface area contributed by atoms with Crippen LogP contribution >= 0.6 is 0 Å². The Hall–Kier alpha value is -0.0400. The summed E-state index contributed by atoms with van der Waals surface area (Å²) >= 11 is 0. The van der Waals surface area contributed by atoms with Crippen molar-refractivity contribution in [3.63, 3.8) is 0 Å². The lowest BCUT2D eigenvalue weighted by molar-refractivity contribution is 0.339. The van der Waals surface area contributed by atoms with Gasteiger partial charge in [-0.2, -0.15) is 0 Å². The molecule has 0 aromatic rings. The van der Waals surface area contributed by atoms with Gasteiger partial charge in [0.05, 0.1) is 0 Å². The molecular weight excluding hydrogens is 134 g/mol. The maximum atomic E-state index is 6.44. The van der Waals surface area contributed by atoms with Gasteiger partial charge in [0.25, 0.3) is 0 Å². The highest BCUT2D eigenvalue weighted by molar-refractivity contribution is 5.28. The second kappa shape index (κ2) is 1.52. The zero-order valence-corrected chi connectivity index (χ0v) is 7.27. The van der Waals surface area contributed by atoms with Crippen molar-refractivity contribution in [3.05, 3.63) is 0 Å². The summed E-state index contributed by atoms with van der Waals surface area (Å²) in [6.45, 7) is 2.39. The first-order valence-corrected chi connectivity index (χ1v) is 4.97. The molecule has 3 rings (SSSR count). The van der Waals surface area contributed by atoms with Gasteiger partial charge in [-0.05, 0) is 42.9 Å². The molecule has 3 fully saturated rings. The van der Waals surface area contributed by atoms with Crippen molar-refractivity contribution in [2.24, 2.45) is 23.0 Å². The molecule has 0 radical (unpaired) electrons. The van der Waals surface area contributed by atoms with Crippen LogP contribution in [0.4, 0.5) is 0 Å². The maximum absolute atomic E-state index is 6.44. The Bertz CT molecular complexity index is 195. The molecule has 62 valence electrons. The van der Waals surface area contributed by atoms with Gasteiger partial charge in [-0.15, -0.1) is 0 Å². The molecule has 0 aromatic heterocycles. The summed E-state index contributed by atoms with van der Waals surface area (Å²) in [7, 11) is 0. The molecule has 2 atom stereocenters. The van der Waals surface area contributed by atoms with Gasteiger partial charge in [-0.3, -0.25) is 0 Å². The highest BCUT2D eigenvalue weighted by Crippen LogP contribution is 2.73. The summed E-state index contributed by atoms with van der Waals surface area (Å²) in [5.41, 5.74) is 7.32. The fourth-order valence-corrected chi connectivity index (χ4v) is 3.52. The number of rotatable bonds is 1. The van der Waals surface area contributed by atoms with E-state index in [2.05, 4.69) is 6.92 Å². The Labute approximate surface area is 68.3 Å². The molecule has 2 unspecified atom stereocenters. The minimum absolute atomic E-state index is 0.311. The summed E-state index contributed by atoms with van der Waals surface area (Å²) in [4.78, 5) is 0. The molecule has 3 aliphatic carbocycles. The van der Waals surface area contributed by atoms with E-state index < -0.39 is 0 Å². The molecule has 0 heterocycles. The van der Waals surface area contributed by atoms with Gasteiger partial charge >= 0.3 is 0 Å². The monoisotopic (exact) mass is 151 g/mol. The van der Waals surface area contributed by atoms with Crippen LogP contribution in [0.3, 0.4) is 0 Å². The van der Waals surface area contributed by atoms with E-state index in [0.717, 1.165) is 11.8 Å². The molecule has 0 spiro atoms. The van der Waals surface area contributed by atoms with E-state index in [-0.39, 0.29) is 0 Å². The van der Waals surface area contributed by atoms with E-state index in [1.807, 2.05) is 0 Å². The van der Waals surface area contributed by atoms with E-state index in [4.69, 9.17) is 5.73 Å². The molecule has 11 heavy (non-hydrogen) atoms. The Kier molecular flexibility index (Phi) is 0.893. The molecule has 0 saturated heterocycles. The summed E-state index contributed by atoms with van der Waals surface area (Å²) in [6.07, 6.45) is 7.10. The van der Waals surface area contributed by atoms with Gasteiger partial charge in [-0.1, -0.05) is 13.3 Å². The largest absolute Gasteiger partial charge is 0.324 e. The topological polar surface area (TPSA) is 26.0 Å². The predicted octanol–water partition coefficient (Wildman–Crippen LogP) is 1.91. The number of hydrogen-bond acceptors (Lipinski definition) is 1. The number of nitrogens with two attached hydrogens (primary N) is 1. The van der Waals surface area contributed by atoms with Crippen LogP contribution in [0.5, 0.6) is 0 Å². The van der Waals surface area contributed by atoms with E-state index >= 15 is 0 Å². The molecule has 0 bridgehead atoms. The predicted molar refractivity (Wildman–Crippen MR) is 45.1 cm³/mol. The van der Waals surface area contributed by atoms with Crippen molar-refractivity contribution in [1.82, 2.24) is 0 Å². The molecule has 3 aliphatic rings. The minimum atomic E-state index is 0.311. The van der Waals surface area contributed by atoms with Crippen LogP contribution in [-0.4, -0.2) is 5.54 Å². The third-order valence-corrected chi connectivity index (χ3v) is 4.68. The fraction of sp³-hybridized carbons (Fsp3) is 1.00. The standard InChI is InChI=1S/C10H17N/c1-9(5-6-9)10(11)7-3-2-4-8(7)10/h7-8H,2-6,11H2,1H3. The average molecular weight is 151 g/mol. The summed E-state index contributed by atoms with van der Waals surface area (Å²) in [5, 5.41) is 0. The first kappa shape index (κ1) is 6.47. The van der Waals surface area contributed by atoms with Gasteiger partial charge in [0.2, 0.25) is 0 Å². The Balaban J connectivity index is 1.88. The minimum Gasteiger partial charge on any atom is -0.324 e. The van der Waals surface area contributed by atoms with Crippen molar-refractivity contribution in [2.45, 2.75) is 44.6 Å². The summed E-state index contributed by atoms with van der Waals surface area (Å²) < 4.78 is 0. The van der Waals surface area contributed by atoms with Crippen LogP contribution in [0.15, 0.2) is 0 Å². The molecule has 0 aliphatic heterocycles. The normalized spacial score (nSPS) is 57.3. The van der Waals surface area contributed by atoms with Gasteiger partial charge in [0.15, 0.2) is 0 Å². The van der Waals surface area contributed by atoms with Crippen LogP contribution < -0.4 is 5.73 Å². The first-order valence-electron chi connectivity index (χ1n) is 4.97. The third kappa shape index (κ3) is 0.547. The van der Waals surface area contributed by atoms with Crippen LogP contribution in [0.1, 0.15) is 39.0 Å². The highest BCUT2D eigenvalue weighted by atomic mass is 15.0. The molecule has 0 amide bonds. The second-order valence-electron chi connectivity index (χ2n) is 5.14. The van der Waals surface area contributed by atoms with Crippen molar-refractivity contribution in [3.8, 4) is 0 Å². The smallest absolute Gasteiger partial charge is 0.0272 e. The van der Waals surface area contributed by atoms with E-state index in [0.29, 0.717) is 11.0 Å². The number of fused-ring (bicyclic) bond motifs is 1. The molecule has 3 saturated carbocycles. The number of hydrogen-bond donors (Lipinski definition) is 1. The Morgan fingerprint density at radius 1 is 1.18 bits per heavy atom. The molecule has 2 N–H and O–H groups in total. The van der Waals surface area contributed by atoms with Gasteiger partial charge in [0.1, 0.15) is 0 Å². The van der Waals surface area contributed by atoms with Gasteiger partial charge < -0.3 is 5.73 Å². The summed E-state index contributed by atoms with van der Waals surface area (Å²) in [5.74, 6) is 1.85. The molecule has 0 aromatic carbocycles. The highest BCUT2D eigenvalue weighted by Gasteiger charge is 2.74. The Morgan fingerprint density at radius 2 is 1.73 bits per heavy atom. The third-order valence-electron chi connectivity index (χ3n) is 4.68. The van der Waals surface area contributed by atoms with E-state index in [1.54, 1.807) is 0 Å².